The predicted molar refractivity (Wildman–Crippen MR) is 88.1 cm³/mol. The Hall–Kier alpha value is -1.02. The number of nitrogens with zero attached hydrogens (tertiary/aromatic N) is 1. The van der Waals surface area contributed by atoms with Crippen molar-refractivity contribution in [2.75, 3.05) is 18.4 Å². The number of hydrogen-bond donors (Lipinski definition) is 1. The molecule has 0 spiro atoms. The van der Waals surface area contributed by atoms with Crippen molar-refractivity contribution < 1.29 is 0 Å². The van der Waals surface area contributed by atoms with Gasteiger partial charge in [-0.1, -0.05) is 26.0 Å². The van der Waals surface area contributed by atoms with Crippen molar-refractivity contribution in [3.63, 3.8) is 0 Å². The molecule has 1 unspecified atom stereocenters. The largest absolute Gasteiger partial charge is 0.383 e. The van der Waals surface area contributed by atoms with Gasteiger partial charge in [-0.05, 0) is 69.3 Å². The van der Waals surface area contributed by atoms with Crippen LogP contribution in [0, 0.1) is 5.92 Å². The first-order valence-corrected chi connectivity index (χ1v) is 8.21. The van der Waals surface area contributed by atoms with Crippen molar-refractivity contribution in [1.29, 1.82) is 0 Å². The zero-order valence-electron chi connectivity index (χ0n) is 13.4. The lowest BCUT2D eigenvalue weighted by Gasteiger charge is -2.18. The van der Waals surface area contributed by atoms with Gasteiger partial charge in [0.05, 0.1) is 0 Å². The van der Waals surface area contributed by atoms with Crippen molar-refractivity contribution in [2.24, 2.45) is 5.92 Å². The molecule has 1 N–H and O–H groups in total. The van der Waals surface area contributed by atoms with E-state index in [2.05, 4.69) is 55.3 Å². The molecule has 1 atom stereocenters. The molecule has 1 heterocycles. The fraction of sp³-hybridized carbons (Fsp3) is 0.667. The molecule has 20 heavy (non-hydrogen) atoms. The summed E-state index contributed by atoms with van der Waals surface area (Å²) < 4.78 is 0. The van der Waals surface area contributed by atoms with Crippen LogP contribution in [-0.2, 0) is 6.54 Å². The zero-order chi connectivity index (χ0) is 14.4. The predicted octanol–water partition coefficient (Wildman–Crippen LogP) is 4.52. The van der Waals surface area contributed by atoms with E-state index in [1.54, 1.807) is 0 Å². The molecule has 0 aromatic heterocycles. The Morgan fingerprint density at radius 1 is 1.00 bits per heavy atom. The Labute approximate surface area is 124 Å². The van der Waals surface area contributed by atoms with Crippen molar-refractivity contribution in [3.05, 3.63) is 29.8 Å². The van der Waals surface area contributed by atoms with E-state index in [9.17, 15) is 0 Å². The van der Waals surface area contributed by atoms with Crippen LogP contribution >= 0.6 is 0 Å². The third-order valence-corrected chi connectivity index (χ3v) is 4.15. The molecule has 2 nitrogen and oxygen atoms in total. The van der Waals surface area contributed by atoms with Crippen molar-refractivity contribution in [1.82, 2.24) is 4.90 Å². The third-order valence-electron chi connectivity index (χ3n) is 4.15. The second kappa shape index (κ2) is 7.68. The van der Waals surface area contributed by atoms with E-state index in [4.69, 9.17) is 0 Å². The number of anilines is 1. The molecule has 2 rings (SSSR count). The molecule has 1 aromatic rings. The fourth-order valence-corrected chi connectivity index (χ4v) is 2.85. The molecule has 1 aliphatic heterocycles. The van der Waals surface area contributed by atoms with Crippen LogP contribution in [0.5, 0.6) is 0 Å². The summed E-state index contributed by atoms with van der Waals surface area (Å²) in [6.45, 7) is 10.5. The molecule has 0 saturated carbocycles. The van der Waals surface area contributed by atoms with Crippen LogP contribution in [0.25, 0.3) is 0 Å². The average Bonchev–Trinajstić information content (AvgIpc) is 2.92. The molecule has 1 aliphatic rings. The lowest BCUT2D eigenvalue weighted by molar-refractivity contribution is 0.331. The molecule has 1 saturated heterocycles. The van der Waals surface area contributed by atoms with Gasteiger partial charge in [0.1, 0.15) is 0 Å². The van der Waals surface area contributed by atoms with Gasteiger partial charge in [0.15, 0.2) is 0 Å². The molecule has 112 valence electrons. The van der Waals surface area contributed by atoms with E-state index in [1.165, 1.54) is 50.0 Å². The van der Waals surface area contributed by atoms with Gasteiger partial charge < -0.3 is 5.32 Å². The maximum atomic E-state index is 3.60. The van der Waals surface area contributed by atoms with Gasteiger partial charge in [0, 0.05) is 18.3 Å². The number of benzene rings is 1. The lowest BCUT2D eigenvalue weighted by atomic mass is 10.0. The van der Waals surface area contributed by atoms with Crippen LogP contribution < -0.4 is 5.32 Å². The van der Waals surface area contributed by atoms with Gasteiger partial charge in [-0.25, -0.2) is 0 Å². The van der Waals surface area contributed by atoms with Crippen LogP contribution in [0.2, 0.25) is 0 Å². The molecule has 1 fully saturated rings. The van der Waals surface area contributed by atoms with Crippen LogP contribution in [0.3, 0.4) is 0 Å². The zero-order valence-corrected chi connectivity index (χ0v) is 13.4. The number of rotatable bonds is 7. The second-order valence-electron chi connectivity index (χ2n) is 6.70. The maximum Gasteiger partial charge on any atom is 0.0342 e. The van der Waals surface area contributed by atoms with Gasteiger partial charge in [0.2, 0.25) is 0 Å². The topological polar surface area (TPSA) is 15.3 Å². The van der Waals surface area contributed by atoms with E-state index in [0.717, 1.165) is 12.5 Å². The summed E-state index contributed by atoms with van der Waals surface area (Å²) in [5.41, 5.74) is 2.69. The van der Waals surface area contributed by atoms with E-state index in [0.29, 0.717) is 6.04 Å². The van der Waals surface area contributed by atoms with Crippen molar-refractivity contribution >= 4 is 5.69 Å². The first kappa shape index (κ1) is 15.4. The molecule has 0 bridgehead atoms. The molecule has 2 heteroatoms. The summed E-state index contributed by atoms with van der Waals surface area (Å²) in [4.78, 5) is 2.55. The highest BCUT2D eigenvalue weighted by molar-refractivity contribution is 5.45. The minimum absolute atomic E-state index is 0.557. The second-order valence-corrected chi connectivity index (χ2v) is 6.70. The van der Waals surface area contributed by atoms with E-state index in [1.807, 2.05) is 0 Å². The van der Waals surface area contributed by atoms with Gasteiger partial charge in [-0.15, -0.1) is 0 Å². The SMILES string of the molecule is CC(C)CCC(C)Nc1ccc(CN2CCCC2)cc1. The number of hydrogen-bond acceptors (Lipinski definition) is 2. The Bertz CT molecular complexity index is 377. The minimum Gasteiger partial charge on any atom is -0.383 e. The van der Waals surface area contributed by atoms with Crippen molar-refractivity contribution in [3.8, 4) is 0 Å². The summed E-state index contributed by atoms with van der Waals surface area (Å²) in [5, 5.41) is 3.60. The molecule has 0 amide bonds. The van der Waals surface area contributed by atoms with Crippen LogP contribution in [0.15, 0.2) is 24.3 Å². The quantitative estimate of drug-likeness (QED) is 0.786. The Kier molecular flexibility index (Phi) is 5.90. The summed E-state index contributed by atoms with van der Waals surface area (Å²) in [6.07, 6.45) is 5.27. The van der Waals surface area contributed by atoms with E-state index in [-0.39, 0.29) is 0 Å². The highest BCUT2D eigenvalue weighted by atomic mass is 15.1. The highest BCUT2D eigenvalue weighted by Gasteiger charge is 2.11. The third kappa shape index (κ3) is 5.16. The summed E-state index contributed by atoms with van der Waals surface area (Å²) in [6, 6.07) is 9.57. The number of likely N-dealkylation sites (tertiary alicyclic amines) is 1. The van der Waals surface area contributed by atoms with Gasteiger partial charge in [0.25, 0.3) is 0 Å². The summed E-state index contributed by atoms with van der Waals surface area (Å²) in [7, 11) is 0. The number of nitrogens with one attached hydrogen (secondary N) is 1. The van der Waals surface area contributed by atoms with Crippen molar-refractivity contribution in [2.45, 2.75) is 59.0 Å². The van der Waals surface area contributed by atoms with E-state index < -0.39 is 0 Å². The van der Waals surface area contributed by atoms with Crippen LogP contribution in [0.4, 0.5) is 5.69 Å². The molecule has 0 radical (unpaired) electrons. The Morgan fingerprint density at radius 2 is 1.65 bits per heavy atom. The minimum atomic E-state index is 0.557. The monoisotopic (exact) mass is 274 g/mol. The normalized spacial score (nSPS) is 17.6. The average molecular weight is 274 g/mol. The Morgan fingerprint density at radius 3 is 2.25 bits per heavy atom. The van der Waals surface area contributed by atoms with Crippen LogP contribution in [0.1, 0.15) is 52.0 Å². The summed E-state index contributed by atoms with van der Waals surface area (Å²) in [5.74, 6) is 0.794. The molecular formula is C18H30N2. The van der Waals surface area contributed by atoms with E-state index >= 15 is 0 Å². The standard InChI is InChI=1S/C18H30N2/c1-15(2)6-7-16(3)19-18-10-8-17(9-11-18)14-20-12-4-5-13-20/h8-11,15-16,19H,4-7,12-14H2,1-3H3. The van der Waals surface area contributed by atoms with Gasteiger partial charge in [-0.2, -0.15) is 0 Å². The highest BCUT2D eigenvalue weighted by Crippen LogP contribution is 2.17. The fourth-order valence-electron chi connectivity index (χ4n) is 2.85. The smallest absolute Gasteiger partial charge is 0.0342 e. The molecule has 1 aromatic carbocycles. The Balaban J connectivity index is 1.78. The van der Waals surface area contributed by atoms with Gasteiger partial charge in [-0.3, -0.25) is 4.90 Å². The first-order valence-electron chi connectivity index (χ1n) is 8.21. The van der Waals surface area contributed by atoms with Gasteiger partial charge >= 0.3 is 0 Å². The molecule has 0 aliphatic carbocycles. The molecular weight excluding hydrogens is 244 g/mol. The lowest BCUT2D eigenvalue weighted by Crippen LogP contribution is -2.18. The maximum absolute atomic E-state index is 3.60. The summed E-state index contributed by atoms with van der Waals surface area (Å²) >= 11 is 0. The van der Waals surface area contributed by atoms with Crippen LogP contribution in [-0.4, -0.2) is 24.0 Å². The first-order chi connectivity index (χ1) is 9.63.